The summed E-state index contributed by atoms with van der Waals surface area (Å²) in [6.07, 6.45) is 0. The van der Waals surface area contributed by atoms with Crippen LogP contribution >= 0.6 is 11.5 Å². The van der Waals surface area contributed by atoms with Gasteiger partial charge in [-0.2, -0.15) is 4.37 Å². The highest BCUT2D eigenvalue weighted by molar-refractivity contribution is 7.10. The fraction of sp³-hybridized carbons (Fsp3) is 0.615. The first-order valence-corrected chi connectivity index (χ1v) is 7.08. The molecule has 2 amide bonds. The van der Waals surface area contributed by atoms with E-state index in [9.17, 15) is 9.59 Å². The number of anilines is 1. The van der Waals surface area contributed by atoms with Crippen LogP contribution in [0.15, 0.2) is 6.07 Å². The molecule has 1 fully saturated rings. The number of aromatic nitrogens is 1. The van der Waals surface area contributed by atoms with Crippen LogP contribution in [0.2, 0.25) is 0 Å². The molecule has 6 heteroatoms. The number of hydrogen-bond acceptors (Lipinski definition) is 4. The molecule has 1 aromatic rings. The third-order valence-electron chi connectivity index (χ3n) is 3.45. The zero-order valence-electron chi connectivity index (χ0n) is 11.6. The maximum atomic E-state index is 12.3. The molecule has 5 nitrogen and oxygen atoms in total. The van der Waals surface area contributed by atoms with E-state index in [1.165, 1.54) is 11.5 Å². The van der Waals surface area contributed by atoms with Gasteiger partial charge in [0.15, 0.2) is 0 Å². The molecule has 0 spiro atoms. The molecule has 1 aliphatic rings. The molecule has 104 valence electrons. The van der Waals surface area contributed by atoms with Gasteiger partial charge in [-0.3, -0.25) is 9.59 Å². The minimum absolute atomic E-state index is 0.00835. The molecular formula is C13H19N3O2S. The second-order valence-electron chi connectivity index (χ2n) is 6.02. The van der Waals surface area contributed by atoms with Crippen molar-refractivity contribution in [3.8, 4) is 0 Å². The van der Waals surface area contributed by atoms with Gasteiger partial charge in [0.2, 0.25) is 11.8 Å². The van der Waals surface area contributed by atoms with Crippen LogP contribution in [-0.2, 0) is 9.59 Å². The summed E-state index contributed by atoms with van der Waals surface area (Å²) in [6, 6.07) is 1.81. The Morgan fingerprint density at radius 2 is 2.21 bits per heavy atom. The molecule has 2 N–H and O–H groups in total. The Hall–Kier alpha value is -1.43. The van der Waals surface area contributed by atoms with Crippen LogP contribution in [0.25, 0.3) is 0 Å². The third-order valence-corrected chi connectivity index (χ3v) is 4.25. The topological polar surface area (TPSA) is 71.1 Å². The predicted octanol–water partition coefficient (Wildman–Crippen LogP) is 1.80. The first kappa shape index (κ1) is 14.0. The van der Waals surface area contributed by atoms with Crippen molar-refractivity contribution >= 4 is 28.3 Å². The molecule has 1 aromatic heterocycles. The number of nitrogens with zero attached hydrogens (tertiary/aromatic N) is 1. The third kappa shape index (κ3) is 2.94. The molecule has 0 radical (unpaired) electrons. The first-order valence-electron chi connectivity index (χ1n) is 6.31. The lowest BCUT2D eigenvalue weighted by Gasteiger charge is -2.29. The smallest absolute Gasteiger partial charge is 0.237 e. The zero-order chi connectivity index (χ0) is 14.2. The standard InChI is InChI=1S/C13H19N3O2S/c1-7-5-9(19-16-7)15-12(18)10-8(13(2,3)4)6-14-11(10)17/h5,8,10H,6H2,1-4H3,(H,14,17)(H,15,18)/t8-,10+/m1/s1. The summed E-state index contributed by atoms with van der Waals surface area (Å²) in [4.78, 5) is 24.2. The average Bonchev–Trinajstić information content (AvgIpc) is 2.84. The number of rotatable bonds is 2. The molecule has 1 aliphatic heterocycles. The Morgan fingerprint density at radius 3 is 2.74 bits per heavy atom. The quantitative estimate of drug-likeness (QED) is 0.812. The van der Waals surface area contributed by atoms with E-state index < -0.39 is 5.92 Å². The minimum Gasteiger partial charge on any atom is -0.355 e. The number of aryl methyl sites for hydroxylation is 1. The highest BCUT2D eigenvalue weighted by Crippen LogP contribution is 2.35. The summed E-state index contributed by atoms with van der Waals surface area (Å²) in [6.45, 7) is 8.58. The van der Waals surface area contributed by atoms with E-state index in [2.05, 4.69) is 35.8 Å². The van der Waals surface area contributed by atoms with Crippen molar-refractivity contribution in [2.45, 2.75) is 27.7 Å². The largest absolute Gasteiger partial charge is 0.355 e. The SMILES string of the molecule is Cc1cc(NC(=O)[C@@H]2C(=O)NC[C@H]2C(C)(C)C)sn1. The van der Waals surface area contributed by atoms with Gasteiger partial charge in [0, 0.05) is 12.5 Å². The van der Waals surface area contributed by atoms with Gasteiger partial charge < -0.3 is 10.6 Å². The van der Waals surface area contributed by atoms with Gasteiger partial charge in [-0.05, 0) is 29.9 Å². The summed E-state index contributed by atoms with van der Waals surface area (Å²) < 4.78 is 4.11. The van der Waals surface area contributed by atoms with Gasteiger partial charge in [-0.1, -0.05) is 20.8 Å². The summed E-state index contributed by atoms with van der Waals surface area (Å²) in [5.74, 6) is -1.03. The Balaban J connectivity index is 2.14. The van der Waals surface area contributed by atoms with Crippen molar-refractivity contribution in [1.29, 1.82) is 0 Å². The van der Waals surface area contributed by atoms with Crippen molar-refractivity contribution in [2.24, 2.45) is 17.3 Å². The maximum Gasteiger partial charge on any atom is 0.237 e. The molecule has 0 bridgehead atoms. The molecular weight excluding hydrogens is 262 g/mol. The summed E-state index contributed by atoms with van der Waals surface area (Å²) in [7, 11) is 0. The molecule has 2 heterocycles. The maximum absolute atomic E-state index is 12.3. The lowest BCUT2D eigenvalue weighted by Crippen LogP contribution is -2.37. The van der Waals surface area contributed by atoms with Crippen LogP contribution < -0.4 is 10.6 Å². The van der Waals surface area contributed by atoms with Gasteiger partial charge in [-0.25, -0.2) is 0 Å². The fourth-order valence-electron chi connectivity index (χ4n) is 2.35. The molecule has 0 aromatic carbocycles. The second-order valence-corrected chi connectivity index (χ2v) is 6.82. The fourth-order valence-corrected chi connectivity index (χ4v) is 3.02. The van der Waals surface area contributed by atoms with Crippen LogP contribution in [0.3, 0.4) is 0 Å². The average molecular weight is 281 g/mol. The van der Waals surface area contributed by atoms with Crippen molar-refractivity contribution < 1.29 is 9.59 Å². The van der Waals surface area contributed by atoms with Gasteiger partial charge in [0.1, 0.15) is 10.9 Å². The van der Waals surface area contributed by atoms with E-state index in [1.54, 1.807) is 0 Å². The van der Waals surface area contributed by atoms with Gasteiger partial charge >= 0.3 is 0 Å². The molecule has 19 heavy (non-hydrogen) atoms. The van der Waals surface area contributed by atoms with Crippen LogP contribution in [0, 0.1) is 24.2 Å². The molecule has 0 saturated carbocycles. The van der Waals surface area contributed by atoms with E-state index in [0.717, 1.165) is 5.69 Å². The Bertz CT molecular complexity index is 504. The van der Waals surface area contributed by atoms with Crippen LogP contribution in [0.4, 0.5) is 5.00 Å². The van der Waals surface area contributed by atoms with Gasteiger partial charge in [0.25, 0.3) is 0 Å². The van der Waals surface area contributed by atoms with Crippen LogP contribution in [-0.4, -0.2) is 22.7 Å². The zero-order valence-corrected chi connectivity index (χ0v) is 12.4. The van der Waals surface area contributed by atoms with Crippen LogP contribution in [0.1, 0.15) is 26.5 Å². The van der Waals surface area contributed by atoms with E-state index >= 15 is 0 Å². The normalized spacial score (nSPS) is 23.3. The van der Waals surface area contributed by atoms with E-state index in [0.29, 0.717) is 11.5 Å². The molecule has 2 atom stereocenters. The summed E-state index contributed by atoms with van der Waals surface area (Å²) in [5.41, 5.74) is 0.772. The number of hydrogen-bond donors (Lipinski definition) is 2. The number of nitrogens with one attached hydrogen (secondary N) is 2. The molecule has 2 rings (SSSR count). The lowest BCUT2D eigenvalue weighted by molar-refractivity contribution is -0.132. The van der Waals surface area contributed by atoms with Crippen LogP contribution in [0.5, 0.6) is 0 Å². The Labute approximate surface area is 116 Å². The predicted molar refractivity (Wildman–Crippen MR) is 74.9 cm³/mol. The minimum atomic E-state index is -0.623. The lowest BCUT2D eigenvalue weighted by atomic mass is 9.74. The van der Waals surface area contributed by atoms with Crippen molar-refractivity contribution in [3.05, 3.63) is 11.8 Å². The van der Waals surface area contributed by atoms with Crippen molar-refractivity contribution in [1.82, 2.24) is 9.69 Å². The molecule has 0 aliphatic carbocycles. The second kappa shape index (κ2) is 4.92. The molecule has 0 unspecified atom stereocenters. The van der Waals surface area contributed by atoms with E-state index in [-0.39, 0.29) is 23.1 Å². The number of amides is 2. The van der Waals surface area contributed by atoms with Crippen molar-refractivity contribution in [3.63, 3.8) is 0 Å². The number of carbonyl (C=O) groups excluding carboxylic acids is 2. The Kier molecular flexibility index (Phi) is 3.62. The molecule has 1 saturated heterocycles. The van der Waals surface area contributed by atoms with E-state index in [4.69, 9.17) is 0 Å². The van der Waals surface area contributed by atoms with Gasteiger partial charge in [-0.15, -0.1) is 0 Å². The number of carbonyl (C=O) groups is 2. The van der Waals surface area contributed by atoms with Gasteiger partial charge in [0.05, 0.1) is 5.69 Å². The highest BCUT2D eigenvalue weighted by atomic mass is 32.1. The summed E-state index contributed by atoms with van der Waals surface area (Å²) in [5, 5.41) is 6.27. The summed E-state index contributed by atoms with van der Waals surface area (Å²) >= 11 is 1.23. The Morgan fingerprint density at radius 1 is 1.53 bits per heavy atom. The van der Waals surface area contributed by atoms with Crippen molar-refractivity contribution in [2.75, 3.05) is 11.9 Å². The highest BCUT2D eigenvalue weighted by Gasteiger charge is 2.45. The van der Waals surface area contributed by atoms with E-state index in [1.807, 2.05) is 13.0 Å². The monoisotopic (exact) mass is 281 g/mol. The first-order chi connectivity index (χ1) is 8.79.